The van der Waals surface area contributed by atoms with Gasteiger partial charge >= 0.3 is 0 Å². The molecule has 0 aliphatic heterocycles. The third-order valence-electron chi connectivity index (χ3n) is 4.36. The average Bonchev–Trinajstić information content (AvgIpc) is 3.27. The maximum absolute atomic E-state index is 5.94. The van der Waals surface area contributed by atoms with E-state index in [0.29, 0.717) is 0 Å². The summed E-state index contributed by atoms with van der Waals surface area (Å²) >= 11 is 0. The summed E-state index contributed by atoms with van der Waals surface area (Å²) in [5, 5.41) is 3.63. The number of furan rings is 1. The highest BCUT2D eigenvalue weighted by atomic mass is 16.3. The molecule has 0 unspecified atom stereocenters. The molecule has 2 heterocycles. The van der Waals surface area contributed by atoms with Crippen molar-refractivity contribution >= 4 is 10.9 Å². The average molecular weight is 317 g/mol. The zero-order valence-corrected chi connectivity index (χ0v) is 13.5. The van der Waals surface area contributed by atoms with Crippen LogP contribution in [0.15, 0.2) is 77.3 Å². The smallest absolute Gasteiger partial charge is 0.158 e. The summed E-state index contributed by atoms with van der Waals surface area (Å²) < 4.78 is 5.94. The van der Waals surface area contributed by atoms with Crippen LogP contribution in [0.25, 0.3) is 22.2 Å². The van der Waals surface area contributed by atoms with Crippen molar-refractivity contribution in [3.05, 3.63) is 84.3 Å². The zero-order chi connectivity index (χ0) is 16.2. The Hall–Kier alpha value is -2.78. The summed E-state index contributed by atoms with van der Waals surface area (Å²) in [7, 11) is 0. The fourth-order valence-electron chi connectivity index (χ4n) is 3.09. The van der Waals surface area contributed by atoms with Crippen molar-refractivity contribution in [1.29, 1.82) is 0 Å². The number of hydrogen-bond acceptors (Lipinski definition) is 1. The molecule has 2 aromatic carbocycles. The van der Waals surface area contributed by atoms with Crippen LogP contribution in [0.2, 0.25) is 0 Å². The summed E-state index contributed by atoms with van der Waals surface area (Å²) in [6.07, 6.45) is 3.18. The van der Waals surface area contributed by atoms with Crippen molar-refractivity contribution in [3.8, 4) is 11.3 Å². The molecule has 3 heteroatoms. The van der Waals surface area contributed by atoms with Crippen molar-refractivity contribution in [2.24, 2.45) is 0 Å². The number of hydrogen-bond donors (Lipinski definition) is 2. The highest BCUT2D eigenvalue weighted by molar-refractivity contribution is 5.83. The fourth-order valence-corrected chi connectivity index (χ4v) is 3.09. The molecule has 4 rings (SSSR count). The van der Waals surface area contributed by atoms with Crippen LogP contribution < -0.4 is 5.32 Å². The Kier molecular flexibility index (Phi) is 4.17. The van der Waals surface area contributed by atoms with Crippen LogP contribution in [0.4, 0.5) is 0 Å². The Morgan fingerprint density at radius 3 is 2.62 bits per heavy atom. The van der Waals surface area contributed by atoms with Gasteiger partial charge in [0, 0.05) is 29.1 Å². The molecule has 0 saturated carbocycles. The van der Waals surface area contributed by atoms with Gasteiger partial charge in [-0.25, -0.2) is 0 Å². The first-order valence-electron chi connectivity index (χ1n) is 8.41. The Balaban J connectivity index is 1.32. The van der Waals surface area contributed by atoms with Crippen LogP contribution in [0, 0.1) is 0 Å². The fraction of sp³-hybridized carbons (Fsp3) is 0.143. The van der Waals surface area contributed by atoms with Crippen molar-refractivity contribution in [2.45, 2.75) is 13.0 Å². The Morgan fingerprint density at radius 2 is 1.71 bits per heavy atom. The second-order valence-corrected chi connectivity index (χ2v) is 6.02. The van der Waals surface area contributed by atoms with E-state index >= 15 is 0 Å². The summed E-state index contributed by atoms with van der Waals surface area (Å²) in [5.74, 6) is 1.96. The van der Waals surface area contributed by atoms with Crippen LogP contribution in [0.1, 0.15) is 11.3 Å². The monoisotopic (exact) mass is 317 g/mol. The van der Waals surface area contributed by atoms with E-state index in [-0.39, 0.29) is 0 Å². The first-order chi connectivity index (χ1) is 11.9. The number of benzene rings is 2. The summed E-state index contributed by atoms with van der Waals surface area (Å²) in [6.45, 7) is 1.92. The van der Waals surface area contributed by atoms with Gasteiger partial charge in [-0.15, -0.1) is 0 Å². The first-order valence-corrected chi connectivity index (χ1v) is 8.41. The Morgan fingerprint density at radius 1 is 0.875 bits per heavy atom. The third kappa shape index (κ3) is 3.12. The van der Waals surface area contributed by atoms with Gasteiger partial charge in [0.2, 0.25) is 0 Å². The van der Waals surface area contributed by atoms with Gasteiger partial charge in [-0.3, -0.25) is 0 Å². The lowest BCUT2D eigenvalue weighted by molar-refractivity contribution is -0.671. The highest BCUT2D eigenvalue weighted by Crippen LogP contribution is 2.21. The highest BCUT2D eigenvalue weighted by Gasteiger charge is 2.07. The van der Waals surface area contributed by atoms with Crippen molar-refractivity contribution in [1.82, 2.24) is 4.98 Å². The third-order valence-corrected chi connectivity index (χ3v) is 4.36. The van der Waals surface area contributed by atoms with Gasteiger partial charge in [0.15, 0.2) is 5.76 Å². The first kappa shape index (κ1) is 14.8. The van der Waals surface area contributed by atoms with Gasteiger partial charge < -0.3 is 14.7 Å². The number of aromatic nitrogens is 1. The minimum atomic E-state index is 0.870. The molecule has 3 nitrogen and oxygen atoms in total. The molecular formula is C21H21N2O+. The number of quaternary nitrogens is 1. The lowest BCUT2D eigenvalue weighted by Gasteiger charge is -2.00. The number of fused-ring (bicyclic) bond motifs is 1. The molecule has 0 saturated heterocycles. The maximum Gasteiger partial charge on any atom is 0.158 e. The SMILES string of the molecule is c1ccc(-c2ccc(C[NH2+]CCc3c[nH]c4ccccc34)o2)cc1. The van der Waals surface area contributed by atoms with Crippen molar-refractivity contribution in [2.75, 3.05) is 6.54 Å². The van der Waals surface area contributed by atoms with Gasteiger partial charge in [-0.2, -0.15) is 0 Å². The molecule has 0 aliphatic rings. The molecular weight excluding hydrogens is 296 g/mol. The molecule has 0 atom stereocenters. The molecule has 0 fully saturated rings. The lowest BCUT2D eigenvalue weighted by atomic mass is 10.1. The molecule has 0 spiro atoms. The minimum Gasteiger partial charge on any atom is -0.455 e. The summed E-state index contributed by atoms with van der Waals surface area (Å²) in [6, 6.07) is 22.8. The van der Waals surface area contributed by atoms with Crippen LogP contribution in [0.3, 0.4) is 0 Å². The number of para-hydroxylation sites is 1. The minimum absolute atomic E-state index is 0.870. The Labute approximate surface area is 141 Å². The number of aromatic amines is 1. The van der Waals surface area contributed by atoms with Gasteiger partial charge in [-0.05, 0) is 23.8 Å². The van der Waals surface area contributed by atoms with Crippen LogP contribution >= 0.6 is 0 Å². The van der Waals surface area contributed by atoms with E-state index < -0.39 is 0 Å². The van der Waals surface area contributed by atoms with E-state index in [4.69, 9.17) is 4.42 Å². The molecule has 2 aromatic heterocycles. The predicted octanol–water partition coefficient (Wildman–Crippen LogP) is 3.73. The van der Waals surface area contributed by atoms with E-state index in [1.807, 2.05) is 18.2 Å². The summed E-state index contributed by atoms with van der Waals surface area (Å²) in [5.41, 5.74) is 3.72. The van der Waals surface area contributed by atoms with Gasteiger partial charge in [0.05, 0.1) is 6.54 Å². The maximum atomic E-state index is 5.94. The molecule has 24 heavy (non-hydrogen) atoms. The molecule has 3 N–H and O–H groups in total. The second kappa shape index (κ2) is 6.77. The zero-order valence-electron chi connectivity index (χ0n) is 13.5. The van der Waals surface area contributed by atoms with Gasteiger partial charge in [0.25, 0.3) is 0 Å². The number of H-pyrrole nitrogens is 1. The molecule has 120 valence electrons. The van der Waals surface area contributed by atoms with E-state index in [2.05, 4.69) is 65.0 Å². The van der Waals surface area contributed by atoms with Gasteiger partial charge in [0.1, 0.15) is 12.3 Å². The van der Waals surface area contributed by atoms with E-state index in [1.54, 1.807) is 0 Å². The van der Waals surface area contributed by atoms with Crippen molar-refractivity contribution < 1.29 is 9.73 Å². The number of nitrogens with one attached hydrogen (secondary N) is 1. The normalized spacial score (nSPS) is 11.2. The van der Waals surface area contributed by atoms with E-state index in [1.165, 1.54) is 16.5 Å². The van der Waals surface area contributed by atoms with Gasteiger partial charge in [-0.1, -0.05) is 48.5 Å². The van der Waals surface area contributed by atoms with E-state index in [9.17, 15) is 0 Å². The van der Waals surface area contributed by atoms with Crippen LogP contribution in [0.5, 0.6) is 0 Å². The molecule has 4 aromatic rings. The molecule has 0 radical (unpaired) electrons. The second-order valence-electron chi connectivity index (χ2n) is 6.02. The molecule has 0 amide bonds. The van der Waals surface area contributed by atoms with Crippen LogP contribution in [-0.2, 0) is 13.0 Å². The van der Waals surface area contributed by atoms with Crippen LogP contribution in [-0.4, -0.2) is 11.5 Å². The van der Waals surface area contributed by atoms with Crippen molar-refractivity contribution in [3.63, 3.8) is 0 Å². The standard InChI is InChI=1S/C21H20N2O/c1-2-6-16(7-3-1)21-11-10-18(24-21)15-22-13-12-17-14-23-20-9-5-4-8-19(17)20/h1-11,14,22-23H,12-13,15H2/p+1. The quantitative estimate of drug-likeness (QED) is 0.523. The van der Waals surface area contributed by atoms with E-state index in [0.717, 1.165) is 36.6 Å². The molecule has 0 aliphatic carbocycles. The Bertz CT molecular complexity index is 921. The number of rotatable bonds is 6. The summed E-state index contributed by atoms with van der Waals surface area (Å²) in [4.78, 5) is 3.34. The number of nitrogens with two attached hydrogens (primary N) is 1. The molecule has 0 bridgehead atoms. The largest absolute Gasteiger partial charge is 0.455 e. The topological polar surface area (TPSA) is 45.5 Å². The predicted molar refractivity (Wildman–Crippen MR) is 96.6 cm³/mol. The lowest BCUT2D eigenvalue weighted by Crippen LogP contribution is -2.83.